The first-order chi connectivity index (χ1) is 10.8. The molecule has 1 fully saturated rings. The van der Waals surface area contributed by atoms with Crippen LogP contribution in [0.2, 0.25) is 0 Å². The number of hydrogen-bond donors (Lipinski definition) is 1. The summed E-state index contributed by atoms with van der Waals surface area (Å²) in [5.74, 6) is 2.47. The van der Waals surface area contributed by atoms with Crippen LogP contribution in [-0.4, -0.2) is 33.3 Å². The molecular weight excluding hydrogens is 274 g/mol. The lowest BCUT2D eigenvalue weighted by Gasteiger charge is -2.32. The van der Waals surface area contributed by atoms with Gasteiger partial charge in [-0.25, -0.2) is 4.98 Å². The third kappa shape index (κ3) is 2.43. The Bertz CT molecular complexity index is 744. The minimum Gasteiger partial charge on any atom is -0.354 e. The highest BCUT2D eigenvalue weighted by molar-refractivity contribution is 5.74. The minimum absolute atomic E-state index is 0.421. The summed E-state index contributed by atoms with van der Waals surface area (Å²) in [5.41, 5.74) is 3.11. The van der Waals surface area contributed by atoms with Gasteiger partial charge in [-0.05, 0) is 44.0 Å². The van der Waals surface area contributed by atoms with Gasteiger partial charge in [-0.1, -0.05) is 12.1 Å². The number of aryl methyl sites for hydroxylation is 1. The highest BCUT2D eigenvalue weighted by Crippen LogP contribution is 2.28. The van der Waals surface area contributed by atoms with Crippen LogP contribution in [0.3, 0.4) is 0 Å². The summed E-state index contributed by atoms with van der Waals surface area (Å²) in [6.07, 6.45) is 2.31. The van der Waals surface area contributed by atoms with Gasteiger partial charge < -0.3 is 9.88 Å². The number of nitrogens with one attached hydrogen (secondary N) is 1. The lowest BCUT2D eigenvalue weighted by molar-refractivity contribution is 0.491. The van der Waals surface area contributed by atoms with E-state index in [1.807, 2.05) is 25.1 Å². The number of nitrogens with zero attached hydrogens (tertiary/aromatic N) is 4. The van der Waals surface area contributed by atoms with E-state index in [4.69, 9.17) is 4.98 Å². The van der Waals surface area contributed by atoms with Crippen LogP contribution in [0.15, 0.2) is 36.4 Å². The van der Waals surface area contributed by atoms with E-state index < -0.39 is 0 Å². The Morgan fingerprint density at radius 2 is 2.05 bits per heavy atom. The van der Waals surface area contributed by atoms with Crippen molar-refractivity contribution in [2.75, 3.05) is 18.0 Å². The summed E-state index contributed by atoms with van der Waals surface area (Å²) < 4.78 is 0. The molecule has 1 aliphatic heterocycles. The van der Waals surface area contributed by atoms with Gasteiger partial charge in [-0.2, -0.15) is 5.10 Å². The van der Waals surface area contributed by atoms with Gasteiger partial charge in [0.05, 0.1) is 16.7 Å². The van der Waals surface area contributed by atoms with E-state index >= 15 is 0 Å². The molecule has 1 saturated heterocycles. The second-order valence-electron chi connectivity index (χ2n) is 5.96. The average Bonchev–Trinajstić information content (AvgIpc) is 3.00. The predicted molar refractivity (Wildman–Crippen MR) is 87.1 cm³/mol. The summed E-state index contributed by atoms with van der Waals surface area (Å²) in [7, 11) is 0. The number of benzene rings is 1. The van der Waals surface area contributed by atoms with Gasteiger partial charge in [0.15, 0.2) is 5.82 Å². The van der Waals surface area contributed by atoms with Gasteiger partial charge in [-0.15, -0.1) is 5.10 Å². The van der Waals surface area contributed by atoms with E-state index in [-0.39, 0.29) is 0 Å². The van der Waals surface area contributed by atoms with Gasteiger partial charge in [-0.3, -0.25) is 0 Å². The van der Waals surface area contributed by atoms with E-state index in [0.29, 0.717) is 5.92 Å². The maximum atomic E-state index is 4.76. The lowest BCUT2D eigenvalue weighted by atomic mass is 9.97. The topological polar surface area (TPSA) is 57.7 Å². The molecule has 0 radical (unpaired) electrons. The fourth-order valence-electron chi connectivity index (χ4n) is 3.13. The van der Waals surface area contributed by atoms with Crippen LogP contribution >= 0.6 is 0 Å². The zero-order valence-corrected chi connectivity index (χ0v) is 12.7. The number of imidazole rings is 1. The summed E-state index contributed by atoms with van der Waals surface area (Å²) in [4.78, 5) is 10.5. The Kier molecular flexibility index (Phi) is 3.25. The summed E-state index contributed by atoms with van der Waals surface area (Å²) in [6, 6.07) is 12.3. The van der Waals surface area contributed by atoms with Gasteiger partial charge in [0.2, 0.25) is 0 Å². The predicted octanol–water partition coefficient (Wildman–Crippen LogP) is 3.05. The van der Waals surface area contributed by atoms with Crippen LogP contribution in [-0.2, 0) is 0 Å². The first-order valence-electron chi connectivity index (χ1n) is 7.79. The first kappa shape index (κ1) is 13.2. The third-order valence-electron chi connectivity index (χ3n) is 4.32. The van der Waals surface area contributed by atoms with Crippen LogP contribution in [0.5, 0.6) is 0 Å². The van der Waals surface area contributed by atoms with Crippen molar-refractivity contribution in [1.82, 2.24) is 20.2 Å². The second-order valence-corrected chi connectivity index (χ2v) is 5.96. The smallest absolute Gasteiger partial charge is 0.151 e. The number of para-hydroxylation sites is 2. The molecule has 1 aliphatic rings. The fourth-order valence-corrected chi connectivity index (χ4v) is 3.13. The molecule has 5 nitrogen and oxygen atoms in total. The van der Waals surface area contributed by atoms with Gasteiger partial charge in [0, 0.05) is 19.0 Å². The zero-order chi connectivity index (χ0) is 14.9. The summed E-state index contributed by atoms with van der Waals surface area (Å²) in [5, 5.41) is 8.49. The molecule has 112 valence electrons. The van der Waals surface area contributed by atoms with Crippen LogP contribution in [0, 0.1) is 6.92 Å². The molecular formula is C17H19N5. The SMILES string of the molecule is Cc1ccc(N2CCCC(c3nc4ccccc4[nH]3)C2)nn1. The lowest BCUT2D eigenvalue weighted by Crippen LogP contribution is -2.35. The van der Waals surface area contributed by atoms with Crippen LogP contribution in [0.25, 0.3) is 11.0 Å². The molecule has 5 heteroatoms. The second kappa shape index (κ2) is 5.40. The third-order valence-corrected chi connectivity index (χ3v) is 4.32. The Morgan fingerprint density at radius 1 is 1.14 bits per heavy atom. The van der Waals surface area contributed by atoms with E-state index in [1.54, 1.807) is 0 Å². The highest BCUT2D eigenvalue weighted by atomic mass is 15.3. The molecule has 0 saturated carbocycles. The molecule has 3 heterocycles. The molecule has 2 aromatic heterocycles. The van der Waals surface area contributed by atoms with Gasteiger partial charge >= 0.3 is 0 Å². The zero-order valence-electron chi connectivity index (χ0n) is 12.7. The normalized spacial score (nSPS) is 18.8. The van der Waals surface area contributed by atoms with Crippen molar-refractivity contribution in [3.8, 4) is 0 Å². The molecule has 4 rings (SSSR count). The molecule has 0 amide bonds. The van der Waals surface area contributed by atoms with Crippen molar-refractivity contribution < 1.29 is 0 Å². The van der Waals surface area contributed by atoms with E-state index in [1.165, 1.54) is 0 Å². The first-order valence-corrected chi connectivity index (χ1v) is 7.79. The van der Waals surface area contributed by atoms with Crippen LogP contribution in [0.4, 0.5) is 5.82 Å². The van der Waals surface area contributed by atoms with Crippen molar-refractivity contribution in [3.63, 3.8) is 0 Å². The molecule has 3 aromatic rings. The van der Waals surface area contributed by atoms with Crippen molar-refractivity contribution >= 4 is 16.9 Å². The quantitative estimate of drug-likeness (QED) is 0.789. The molecule has 22 heavy (non-hydrogen) atoms. The van der Waals surface area contributed by atoms with E-state index in [0.717, 1.165) is 54.3 Å². The minimum atomic E-state index is 0.421. The maximum absolute atomic E-state index is 4.76. The molecule has 1 aromatic carbocycles. The number of anilines is 1. The number of aromatic amines is 1. The molecule has 1 atom stereocenters. The molecule has 0 aliphatic carbocycles. The van der Waals surface area contributed by atoms with Gasteiger partial charge in [0.1, 0.15) is 5.82 Å². The Hall–Kier alpha value is -2.43. The number of hydrogen-bond acceptors (Lipinski definition) is 4. The van der Waals surface area contributed by atoms with Crippen LogP contribution < -0.4 is 4.90 Å². The van der Waals surface area contributed by atoms with Crippen LogP contribution in [0.1, 0.15) is 30.3 Å². The Morgan fingerprint density at radius 3 is 2.86 bits per heavy atom. The number of aromatic nitrogens is 4. The number of fused-ring (bicyclic) bond motifs is 1. The Labute approximate surface area is 129 Å². The summed E-state index contributed by atoms with van der Waals surface area (Å²) in [6.45, 7) is 3.94. The largest absolute Gasteiger partial charge is 0.354 e. The van der Waals surface area contributed by atoms with Crippen molar-refractivity contribution in [2.24, 2.45) is 0 Å². The molecule has 0 spiro atoms. The monoisotopic (exact) mass is 293 g/mol. The number of rotatable bonds is 2. The van der Waals surface area contributed by atoms with Crippen molar-refractivity contribution in [2.45, 2.75) is 25.7 Å². The number of piperidine rings is 1. The van der Waals surface area contributed by atoms with E-state index in [9.17, 15) is 0 Å². The van der Waals surface area contributed by atoms with E-state index in [2.05, 4.69) is 38.3 Å². The maximum Gasteiger partial charge on any atom is 0.151 e. The van der Waals surface area contributed by atoms with Crippen molar-refractivity contribution in [1.29, 1.82) is 0 Å². The van der Waals surface area contributed by atoms with Gasteiger partial charge in [0.25, 0.3) is 0 Å². The summed E-state index contributed by atoms with van der Waals surface area (Å²) >= 11 is 0. The highest BCUT2D eigenvalue weighted by Gasteiger charge is 2.24. The Balaban J connectivity index is 1.58. The molecule has 1 unspecified atom stereocenters. The standard InChI is InChI=1S/C17H19N5/c1-12-8-9-16(21-20-12)22-10-4-5-13(11-22)17-18-14-6-2-3-7-15(14)19-17/h2-3,6-9,13H,4-5,10-11H2,1H3,(H,18,19). The average molecular weight is 293 g/mol. The molecule has 0 bridgehead atoms. The molecule has 1 N–H and O–H groups in total. The fraction of sp³-hybridized carbons (Fsp3) is 0.353. The number of H-pyrrole nitrogens is 1. The van der Waals surface area contributed by atoms with Crippen molar-refractivity contribution in [3.05, 3.63) is 47.9 Å².